The van der Waals surface area contributed by atoms with Gasteiger partial charge in [-0.05, 0) is 25.8 Å². The lowest BCUT2D eigenvalue weighted by molar-refractivity contribution is -0.385. The monoisotopic (exact) mass is 261 g/mol. The van der Waals surface area contributed by atoms with E-state index in [1.807, 2.05) is 11.0 Å². The van der Waals surface area contributed by atoms with Crippen molar-refractivity contribution in [2.75, 3.05) is 18.0 Å². The van der Waals surface area contributed by atoms with E-state index < -0.39 is 11.0 Å². The lowest BCUT2D eigenvalue weighted by atomic mass is 10.0. The summed E-state index contributed by atoms with van der Waals surface area (Å²) in [6.45, 7) is 2.87. The van der Waals surface area contributed by atoms with E-state index in [-0.39, 0.29) is 11.3 Å². The second-order valence-electron chi connectivity index (χ2n) is 4.75. The van der Waals surface area contributed by atoms with Crippen LogP contribution in [0.15, 0.2) is 12.1 Å². The predicted octanol–water partition coefficient (Wildman–Crippen LogP) is 1.74. The molecule has 0 aromatic heterocycles. The SMILES string of the molecule is Cc1c(N2CCC[C@@H](O)C2)cc(C#N)cc1[N+](=O)[O-]. The molecule has 1 aliphatic rings. The van der Waals surface area contributed by atoms with Crippen LogP contribution in [0.5, 0.6) is 0 Å². The molecule has 1 aliphatic heterocycles. The summed E-state index contributed by atoms with van der Waals surface area (Å²) in [6.07, 6.45) is 1.17. The predicted molar refractivity (Wildman–Crippen MR) is 70.0 cm³/mol. The molecule has 1 heterocycles. The van der Waals surface area contributed by atoms with Gasteiger partial charge in [0.15, 0.2) is 0 Å². The van der Waals surface area contributed by atoms with Gasteiger partial charge in [0.2, 0.25) is 0 Å². The number of nitriles is 1. The summed E-state index contributed by atoms with van der Waals surface area (Å²) in [5.74, 6) is 0. The number of piperidine rings is 1. The van der Waals surface area contributed by atoms with Crippen LogP contribution in [-0.2, 0) is 0 Å². The van der Waals surface area contributed by atoms with Gasteiger partial charge in [0.25, 0.3) is 5.69 Å². The van der Waals surface area contributed by atoms with Crippen LogP contribution in [0.3, 0.4) is 0 Å². The van der Waals surface area contributed by atoms with Crippen LogP contribution in [0.2, 0.25) is 0 Å². The van der Waals surface area contributed by atoms with Gasteiger partial charge in [-0.25, -0.2) is 0 Å². The molecule has 1 N–H and O–H groups in total. The van der Waals surface area contributed by atoms with Gasteiger partial charge in [-0.1, -0.05) is 0 Å². The fourth-order valence-electron chi connectivity index (χ4n) is 2.44. The molecular weight excluding hydrogens is 246 g/mol. The van der Waals surface area contributed by atoms with E-state index >= 15 is 0 Å². The summed E-state index contributed by atoms with van der Waals surface area (Å²) in [5.41, 5.74) is 1.43. The summed E-state index contributed by atoms with van der Waals surface area (Å²) in [4.78, 5) is 12.5. The number of aliphatic hydroxyl groups is 1. The molecule has 0 saturated carbocycles. The Morgan fingerprint density at radius 1 is 1.58 bits per heavy atom. The summed E-state index contributed by atoms with van der Waals surface area (Å²) < 4.78 is 0. The third-order valence-electron chi connectivity index (χ3n) is 3.42. The molecule has 0 radical (unpaired) electrons. The minimum absolute atomic E-state index is 0.0471. The lowest BCUT2D eigenvalue weighted by Crippen LogP contribution is -2.38. The highest BCUT2D eigenvalue weighted by Crippen LogP contribution is 2.31. The van der Waals surface area contributed by atoms with E-state index in [1.54, 1.807) is 13.0 Å². The standard InChI is InChI=1S/C13H15N3O3/c1-9-12(15-4-2-3-11(17)8-15)5-10(7-14)6-13(9)16(18)19/h5-6,11,17H,2-4,8H2,1H3/t11-/m1/s1. The molecule has 6 nitrogen and oxygen atoms in total. The number of hydrogen-bond donors (Lipinski definition) is 1. The second-order valence-corrected chi connectivity index (χ2v) is 4.75. The van der Waals surface area contributed by atoms with Crippen LogP contribution in [-0.4, -0.2) is 29.2 Å². The number of anilines is 1. The van der Waals surface area contributed by atoms with Crippen molar-refractivity contribution in [1.82, 2.24) is 0 Å². The number of benzene rings is 1. The van der Waals surface area contributed by atoms with Crippen molar-refractivity contribution in [3.63, 3.8) is 0 Å². The largest absolute Gasteiger partial charge is 0.391 e. The Balaban J connectivity index is 2.47. The van der Waals surface area contributed by atoms with Gasteiger partial charge >= 0.3 is 0 Å². The molecule has 0 spiro atoms. The summed E-state index contributed by atoms with van der Waals surface area (Å²) in [6, 6.07) is 4.89. The number of rotatable bonds is 2. The van der Waals surface area contributed by atoms with Crippen molar-refractivity contribution in [2.45, 2.75) is 25.9 Å². The minimum atomic E-state index is -0.472. The van der Waals surface area contributed by atoms with E-state index in [0.29, 0.717) is 17.8 Å². The fourth-order valence-corrected chi connectivity index (χ4v) is 2.44. The fraction of sp³-hybridized carbons (Fsp3) is 0.462. The topological polar surface area (TPSA) is 90.4 Å². The number of nitrogens with zero attached hydrogens (tertiary/aromatic N) is 3. The molecule has 1 aromatic rings. The van der Waals surface area contributed by atoms with Gasteiger partial charge in [0.1, 0.15) is 0 Å². The zero-order chi connectivity index (χ0) is 14.0. The molecule has 6 heteroatoms. The molecule has 1 atom stereocenters. The number of hydrogen-bond acceptors (Lipinski definition) is 5. The molecule has 100 valence electrons. The van der Waals surface area contributed by atoms with E-state index in [9.17, 15) is 15.2 Å². The Hall–Kier alpha value is -2.13. The van der Waals surface area contributed by atoms with Crippen LogP contribution < -0.4 is 4.90 Å². The molecule has 0 aliphatic carbocycles. The molecule has 1 saturated heterocycles. The number of aliphatic hydroxyl groups excluding tert-OH is 1. The summed E-state index contributed by atoms with van der Waals surface area (Å²) in [7, 11) is 0. The Kier molecular flexibility index (Phi) is 3.67. The van der Waals surface area contributed by atoms with Crippen molar-refractivity contribution in [2.24, 2.45) is 0 Å². The molecule has 0 bridgehead atoms. The lowest BCUT2D eigenvalue weighted by Gasteiger charge is -2.32. The molecule has 1 aromatic carbocycles. The summed E-state index contributed by atoms with van der Waals surface area (Å²) >= 11 is 0. The highest BCUT2D eigenvalue weighted by molar-refractivity contribution is 5.65. The maximum Gasteiger partial charge on any atom is 0.275 e. The van der Waals surface area contributed by atoms with Gasteiger partial charge in [-0.15, -0.1) is 0 Å². The first-order valence-electron chi connectivity index (χ1n) is 6.15. The minimum Gasteiger partial charge on any atom is -0.391 e. The quantitative estimate of drug-likeness (QED) is 0.646. The van der Waals surface area contributed by atoms with Gasteiger partial charge in [-0.2, -0.15) is 5.26 Å². The zero-order valence-electron chi connectivity index (χ0n) is 10.7. The molecule has 0 unspecified atom stereocenters. The Morgan fingerprint density at radius 3 is 2.89 bits per heavy atom. The highest BCUT2D eigenvalue weighted by Gasteiger charge is 2.23. The Morgan fingerprint density at radius 2 is 2.32 bits per heavy atom. The average molecular weight is 261 g/mol. The van der Waals surface area contributed by atoms with Crippen molar-refractivity contribution < 1.29 is 10.0 Å². The third kappa shape index (κ3) is 2.66. The normalized spacial score (nSPS) is 19.0. The van der Waals surface area contributed by atoms with Crippen molar-refractivity contribution in [3.8, 4) is 6.07 Å². The van der Waals surface area contributed by atoms with Crippen LogP contribution in [0.25, 0.3) is 0 Å². The van der Waals surface area contributed by atoms with Crippen LogP contribution in [0.1, 0.15) is 24.0 Å². The smallest absolute Gasteiger partial charge is 0.275 e. The molecule has 0 amide bonds. The summed E-state index contributed by atoms with van der Waals surface area (Å²) in [5, 5.41) is 29.7. The first kappa shape index (κ1) is 13.3. The number of nitro benzene ring substituents is 1. The van der Waals surface area contributed by atoms with Crippen molar-refractivity contribution in [3.05, 3.63) is 33.4 Å². The van der Waals surface area contributed by atoms with E-state index in [0.717, 1.165) is 19.4 Å². The molecule has 1 fully saturated rings. The van der Waals surface area contributed by atoms with Crippen LogP contribution >= 0.6 is 0 Å². The molecule has 2 rings (SSSR count). The Labute approximate surface area is 111 Å². The van der Waals surface area contributed by atoms with Crippen molar-refractivity contribution in [1.29, 1.82) is 5.26 Å². The van der Waals surface area contributed by atoms with Gasteiger partial charge < -0.3 is 10.0 Å². The van der Waals surface area contributed by atoms with Gasteiger partial charge in [-0.3, -0.25) is 10.1 Å². The molecular formula is C13H15N3O3. The second kappa shape index (κ2) is 5.24. The third-order valence-corrected chi connectivity index (χ3v) is 3.42. The number of nitro groups is 1. The average Bonchev–Trinajstić information content (AvgIpc) is 2.38. The van der Waals surface area contributed by atoms with E-state index in [4.69, 9.17) is 5.26 Å². The van der Waals surface area contributed by atoms with E-state index in [2.05, 4.69) is 0 Å². The first-order chi connectivity index (χ1) is 9.02. The van der Waals surface area contributed by atoms with Crippen molar-refractivity contribution >= 4 is 11.4 Å². The number of β-amino-alcohol motifs (C(OH)–C–C–N with tert-alkyl or cyclic N) is 1. The van der Waals surface area contributed by atoms with E-state index in [1.165, 1.54) is 6.07 Å². The van der Waals surface area contributed by atoms with Crippen LogP contribution in [0, 0.1) is 28.4 Å². The maximum atomic E-state index is 11.0. The zero-order valence-corrected chi connectivity index (χ0v) is 10.7. The highest BCUT2D eigenvalue weighted by atomic mass is 16.6. The van der Waals surface area contributed by atoms with Crippen LogP contribution in [0.4, 0.5) is 11.4 Å². The first-order valence-corrected chi connectivity index (χ1v) is 6.15. The van der Waals surface area contributed by atoms with Gasteiger partial charge in [0.05, 0.1) is 28.2 Å². The Bertz CT molecular complexity index is 551. The molecule has 19 heavy (non-hydrogen) atoms. The van der Waals surface area contributed by atoms with Gasteiger partial charge in [0, 0.05) is 24.8 Å². The maximum absolute atomic E-state index is 11.0.